The molecule has 0 aliphatic carbocycles. The number of hydrogen-bond acceptors (Lipinski definition) is 2. The molecule has 3 heteroatoms. The van der Waals surface area contributed by atoms with Crippen molar-refractivity contribution in [3.8, 4) is 5.75 Å². The molecule has 0 heterocycles. The fraction of sp³-hybridized carbons (Fsp3) is 0.500. The van der Waals surface area contributed by atoms with Crippen LogP contribution < -0.4 is 4.74 Å². The molecule has 84 valence electrons. The maximum absolute atomic E-state index is 5.51. The smallest absolute Gasteiger partial charge is 0.119 e. The van der Waals surface area contributed by atoms with Crippen LogP contribution in [0.5, 0.6) is 5.75 Å². The number of rotatable bonds is 7. The molecule has 15 heavy (non-hydrogen) atoms. The molecule has 0 atom stereocenters. The van der Waals surface area contributed by atoms with Crippen molar-refractivity contribution < 1.29 is 9.47 Å². The van der Waals surface area contributed by atoms with Crippen LogP contribution in [-0.4, -0.2) is 19.8 Å². The molecule has 0 aliphatic rings. The van der Waals surface area contributed by atoms with Crippen LogP contribution in [0.1, 0.15) is 19.8 Å². The average Bonchev–Trinajstić information content (AvgIpc) is 2.26. The molecular weight excluding hydrogens is 303 g/mol. The summed E-state index contributed by atoms with van der Waals surface area (Å²) in [5.74, 6) is 0.912. The Kier molecular flexibility index (Phi) is 6.76. The molecule has 1 aromatic carbocycles. The summed E-state index contributed by atoms with van der Waals surface area (Å²) in [5.41, 5.74) is 0. The molecule has 0 fully saturated rings. The minimum absolute atomic E-state index is 0.629. The first kappa shape index (κ1) is 12.8. The van der Waals surface area contributed by atoms with Crippen LogP contribution in [0.15, 0.2) is 24.3 Å². The van der Waals surface area contributed by atoms with E-state index in [0.29, 0.717) is 13.2 Å². The molecule has 0 aromatic heterocycles. The number of unbranched alkanes of at least 4 members (excludes halogenated alkanes) is 1. The summed E-state index contributed by atoms with van der Waals surface area (Å²) in [6.07, 6.45) is 2.31. The summed E-state index contributed by atoms with van der Waals surface area (Å²) in [4.78, 5) is 0. The van der Waals surface area contributed by atoms with E-state index in [4.69, 9.17) is 9.47 Å². The van der Waals surface area contributed by atoms with Gasteiger partial charge in [-0.2, -0.15) is 0 Å². The Labute approximate surface area is 105 Å². The molecule has 0 spiro atoms. The minimum atomic E-state index is 0.629. The second-order valence-corrected chi connectivity index (χ2v) is 4.51. The van der Waals surface area contributed by atoms with Crippen molar-refractivity contribution in [3.63, 3.8) is 0 Å². The zero-order valence-corrected chi connectivity index (χ0v) is 11.2. The quantitative estimate of drug-likeness (QED) is 0.566. The molecule has 0 bridgehead atoms. The van der Waals surface area contributed by atoms with Gasteiger partial charge in [0.05, 0.1) is 6.61 Å². The summed E-state index contributed by atoms with van der Waals surface area (Å²) in [5, 5.41) is 0. The van der Waals surface area contributed by atoms with Gasteiger partial charge in [-0.1, -0.05) is 13.3 Å². The van der Waals surface area contributed by atoms with E-state index in [1.165, 1.54) is 9.99 Å². The molecule has 2 nitrogen and oxygen atoms in total. The molecule has 0 N–H and O–H groups in total. The summed E-state index contributed by atoms with van der Waals surface area (Å²) < 4.78 is 12.1. The van der Waals surface area contributed by atoms with Gasteiger partial charge in [-0.3, -0.25) is 0 Å². The SMILES string of the molecule is CCCCOCCOc1ccc(I)cc1. The van der Waals surface area contributed by atoms with Gasteiger partial charge in [-0.05, 0) is 53.3 Å². The first-order valence-corrected chi connectivity index (χ1v) is 6.37. The van der Waals surface area contributed by atoms with Crippen LogP contribution in [0, 0.1) is 3.57 Å². The molecule has 0 radical (unpaired) electrons. The first-order chi connectivity index (χ1) is 7.33. The van der Waals surface area contributed by atoms with E-state index in [1.54, 1.807) is 0 Å². The normalized spacial score (nSPS) is 10.3. The lowest BCUT2D eigenvalue weighted by Gasteiger charge is -2.06. The molecule has 1 rings (SSSR count). The fourth-order valence-electron chi connectivity index (χ4n) is 1.10. The van der Waals surface area contributed by atoms with Gasteiger partial charge in [0.15, 0.2) is 0 Å². The Bertz CT molecular complexity index is 259. The Hall–Kier alpha value is -0.290. The molecule has 0 amide bonds. The number of benzene rings is 1. The number of ether oxygens (including phenoxy) is 2. The third kappa shape index (κ3) is 5.99. The largest absolute Gasteiger partial charge is 0.491 e. The predicted molar refractivity (Wildman–Crippen MR) is 70.4 cm³/mol. The van der Waals surface area contributed by atoms with Gasteiger partial charge >= 0.3 is 0 Å². The van der Waals surface area contributed by atoms with Crippen molar-refractivity contribution in [3.05, 3.63) is 27.8 Å². The Morgan fingerprint density at radius 2 is 1.80 bits per heavy atom. The third-order valence-electron chi connectivity index (χ3n) is 1.95. The van der Waals surface area contributed by atoms with Crippen molar-refractivity contribution in [2.75, 3.05) is 19.8 Å². The zero-order chi connectivity index (χ0) is 10.9. The Morgan fingerprint density at radius 3 is 2.47 bits per heavy atom. The van der Waals surface area contributed by atoms with Crippen LogP contribution in [0.2, 0.25) is 0 Å². The minimum Gasteiger partial charge on any atom is -0.491 e. The topological polar surface area (TPSA) is 18.5 Å². The van der Waals surface area contributed by atoms with Crippen molar-refractivity contribution >= 4 is 22.6 Å². The Balaban J connectivity index is 2.07. The number of hydrogen-bond donors (Lipinski definition) is 0. The fourth-order valence-corrected chi connectivity index (χ4v) is 1.46. The van der Waals surface area contributed by atoms with E-state index < -0.39 is 0 Å². The summed E-state index contributed by atoms with van der Waals surface area (Å²) in [6, 6.07) is 8.03. The van der Waals surface area contributed by atoms with Crippen molar-refractivity contribution in [2.45, 2.75) is 19.8 Å². The van der Waals surface area contributed by atoms with E-state index in [9.17, 15) is 0 Å². The first-order valence-electron chi connectivity index (χ1n) is 5.29. The van der Waals surface area contributed by atoms with Gasteiger partial charge in [0.2, 0.25) is 0 Å². The highest BCUT2D eigenvalue weighted by atomic mass is 127. The molecule has 0 saturated carbocycles. The van der Waals surface area contributed by atoms with Crippen molar-refractivity contribution in [1.29, 1.82) is 0 Å². The van der Waals surface area contributed by atoms with Crippen LogP contribution >= 0.6 is 22.6 Å². The van der Waals surface area contributed by atoms with E-state index in [1.807, 2.05) is 24.3 Å². The molecule has 0 aliphatic heterocycles. The van der Waals surface area contributed by atoms with Crippen LogP contribution in [0.25, 0.3) is 0 Å². The summed E-state index contributed by atoms with van der Waals surface area (Å²) >= 11 is 2.28. The van der Waals surface area contributed by atoms with Crippen LogP contribution in [0.4, 0.5) is 0 Å². The summed E-state index contributed by atoms with van der Waals surface area (Å²) in [7, 11) is 0. The highest BCUT2D eigenvalue weighted by molar-refractivity contribution is 14.1. The van der Waals surface area contributed by atoms with Crippen molar-refractivity contribution in [2.24, 2.45) is 0 Å². The predicted octanol–water partition coefficient (Wildman–Crippen LogP) is 3.49. The van der Waals surface area contributed by atoms with Gasteiger partial charge in [-0.15, -0.1) is 0 Å². The lowest BCUT2D eigenvalue weighted by molar-refractivity contribution is 0.0980. The zero-order valence-electron chi connectivity index (χ0n) is 9.04. The van der Waals surface area contributed by atoms with Gasteiger partial charge in [-0.25, -0.2) is 0 Å². The molecule has 0 unspecified atom stereocenters. The van der Waals surface area contributed by atoms with Crippen LogP contribution in [-0.2, 0) is 4.74 Å². The third-order valence-corrected chi connectivity index (χ3v) is 2.67. The van der Waals surface area contributed by atoms with Gasteiger partial charge in [0.1, 0.15) is 12.4 Å². The second kappa shape index (κ2) is 7.93. The van der Waals surface area contributed by atoms with Gasteiger partial charge in [0, 0.05) is 10.2 Å². The van der Waals surface area contributed by atoms with E-state index >= 15 is 0 Å². The van der Waals surface area contributed by atoms with Gasteiger partial charge in [0.25, 0.3) is 0 Å². The highest BCUT2D eigenvalue weighted by Crippen LogP contribution is 2.13. The average molecular weight is 320 g/mol. The molecule has 1 aromatic rings. The van der Waals surface area contributed by atoms with Crippen molar-refractivity contribution in [1.82, 2.24) is 0 Å². The van der Waals surface area contributed by atoms with Crippen LogP contribution in [0.3, 0.4) is 0 Å². The lowest BCUT2D eigenvalue weighted by atomic mass is 10.3. The summed E-state index contributed by atoms with van der Waals surface area (Å²) in [6.45, 7) is 4.30. The molecular formula is C12H17IO2. The van der Waals surface area contributed by atoms with E-state index in [2.05, 4.69) is 29.5 Å². The molecule has 0 saturated heterocycles. The maximum atomic E-state index is 5.51. The maximum Gasteiger partial charge on any atom is 0.119 e. The van der Waals surface area contributed by atoms with E-state index in [0.717, 1.165) is 18.8 Å². The lowest BCUT2D eigenvalue weighted by Crippen LogP contribution is -2.07. The monoisotopic (exact) mass is 320 g/mol. The standard InChI is InChI=1S/C12H17IO2/c1-2-3-8-14-9-10-15-12-6-4-11(13)5-7-12/h4-7H,2-3,8-10H2,1H3. The Morgan fingerprint density at radius 1 is 1.07 bits per heavy atom. The second-order valence-electron chi connectivity index (χ2n) is 3.27. The number of halogens is 1. The van der Waals surface area contributed by atoms with E-state index in [-0.39, 0.29) is 0 Å². The van der Waals surface area contributed by atoms with Gasteiger partial charge < -0.3 is 9.47 Å². The highest BCUT2D eigenvalue weighted by Gasteiger charge is 1.93.